The lowest BCUT2D eigenvalue weighted by Gasteiger charge is -2.29. The maximum Gasteiger partial charge on any atom is 0.156 e. The minimum Gasteiger partial charge on any atom is -0.330 e. The molecule has 0 saturated heterocycles. The first-order chi connectivity index (χ1) is 7.52. The van der Waals surface area contributed by atoms with E-state index in [9.17, 15) is 8.42 Å². The van der Waals surface area contributed by atoms with E-state index < -0.39 is 9.84 Å². The van der Waals surface area contributed by atoms with Crippen LogP contribution in [-0.4, -0.2) is 25.5 Å². The van der Waals surface area contributed by atoms with Crippen LogP contribution >= 0.6 is 0 Å². The molecule has 0 amide bonds. The summed E-state index contributed by atoms with van der Waals surface area (Å²) in [5.41, 5.74) is 5.49. The molecule has 3 nitrogen and oxygen atoms in total. The van der Waals surface area contributed by atoms with Gasteiger partial charge >= 0.3 is 0 Å². The molecule has 0 spiro atoms. The Hall–Kier alpha value is -0.0900. The fourth-order valence-electron chi connectivity index (χ4n) is 2.74. The molecule has 0 aliphatic heterocycles. The van der Waals surface area contributed by atoms with Crippen molar-refractivity contribution in [3.8, 4) is 0 Å². The molecule has 0 aromatic heterocycles. The van der Waals surface area contributed by atoms with E-state index in [1.54, 1.807) is 0 Å². The minimum atomic E-state index is -2.95. The standard InChI is InChI=1S/C12H25NO2S/c1-3-11(7-8-13)16(14,15)12-6-4-5-10(2)9-12/h10-12H,3-9,13H2,1-2H3. The van der Waals surface area contributed by atoms with Crippen LogP contribution in [0.2, 0.25) is 0 Å². The van der Waals surface area contributed by atoms with Crippen LogP contribution in [0.25, 0.3) is 0 Å². The molecule has 3 atom stereocenters. The molecule has 4 heteroatoms. The topological polar surface area (TPSA) is 60.2 Å². The molecule has 0 bridgehead atoms. The molecule has 0 aromatic carbocycles. The van der Waals surface area contributed by atoms with Crippen molar-refractivity contribution in [3.05, 3.63) is 0 Å². The van der Waals surface area contributed by atoms with Gasteiger partial charge in [-0.25, -0.2) is 8.42 Å². The van der Waals surface area contributed by atoms with E-state index in [-0.39, 0.29) is 10.5 Å². The summed E-state index contributed by atoms with van der Waals surface area (Å²) in [4.78, 5) is 0. The normalized spacial score (nSPS) is 28.9. The van der Waals surface area contributed by atoms with Crippen molar-refractivity contribution in [1.29, 1.82) is 0 Å². The zero-order valence-electron chi connectivity index (χ0n) is 10.5. The van der Waals surface area contributed by atoms with Crippen LogP contribution in [0.1, 0.15) is 52.4 Å². The Morgan fingerprint density at radius 1 is 1.38 bits per heavy atom. The highest BCUT2D eigenvalue weighted by Gasteiger charge is 2.34. The fraction of sp³-hybridized carbons (Fsp3) is 1.00. The minimum absolute atomic E-state index is 0.104. The van der Waals surface area contributed by atoms with Gasteiger partial charge in [-0.3, -0.25) is 0 Å². The van der Waals surface area contributed by atoms with Gasteiger partial charge in [-0.15, -0.1) is 0 Å². The first-order valence-electron chi connectivity index (χ1n) is 6.45. The van der Waals surface area contributed by atoms with Crippen LogP contribution in [0.3, 0.4) is 0 Å². The highest BCUT2D eigenvalue weighted by atomic mass is 32.2. The zero-order chi connectivity index (χ0) is 12.2. The molecule has 1 aliphatic rings. The van der Waals surface area contributed by atoms with Crippen molar-refractivity contribution in [1.82, 2.24) is 0 Å². The monoisotopic (exact) mass is 247 g/mol. The molecule has 1 saturated carbocycles. The molecule has 0 aromatic rings. The predicted octanol–water partition coefficient (Wildman–Crippen LogP) is 2.11. The van der Waals surface area contributed by atoms with E-state index >= 15 is 0 Å². The molecule has 0 radical (unpaired) electrons. The molecule has 0 heterocycles. The Labute approximate surface area is 99.7 Å². The second-order valence-electron chi connectivity index (χ2n) is 5.09. The largest absolute Gasteiger partial charge is 0.330 e. The third-order valence-electron chi connectivity index (χ3n) is 3.76. The summed E-state index contributed by atoms with van der Waals surface area (Å²) in [6.07, 6.45) is 5.26. The van der Waals surface area contributed by atoms with E-state index in [4.69, 9.17) is 5.73 Å². The highest BCUT2D eigenvalue weighted by molar-refractivity contribution is 7.92. The molecular weight excluding hydrogens is 222 g/mol. The van der Waals surface area contributed by atoms with E-state index in [2.05, 4.69) is 6.92 Å². The summed E-state index contributed by atoms with van der Waals surface area (Å²) in [6, 6.07) is 0. The van der Waals surface area contributed by atoms with Crippen molar-refractivity contribution in [2.45, 2.75) is 62.9 Å². The Morgan fingerprint density at radius 2 is 2.06 bits per heavy atom. The van der Waals surface area contributed by atoms with Crippen LogP contribution in [-0.2, 0) is 9.84 Å². The van der Waals surface area contributed by atoms with Gasteiger partial charge in [0.15, 0.2) is 9.84 Å². The Bertz CT molecular complexity index is 300. The van der Waals surface area contributed by atoms with Gasteiger partial charge in [0.25, 0.3) is 0 Å². The van der Waals surface area contributed by atoms with Crippen LogP contribution in [0.4, 0.5) is 0 Å². The molecule has 96 valence electrons. The summed E-state index contributed by atoms with van der Waals surface area (Å²) < 4.78 is 24.8. The number of hydrogen-bond acceptors (Lipinski definition) is 3. The van der Waals surface area contributed by atoms with Crippen LogP contribution < -0.4 is 5.73 Å². The van der Waals surface area contributed by atoms with Crippen LogP contribution in [0.15, 0.2) is 0 Å². The number of rotatable bonds is 5. The van der Waals surface area contributed by atoms with Crippen LogP contribution in [0.5, 0.6) is 0 Å². The van der Waals surface area contributed by atoms with E-state index in [0.717, 1.165) is 19.3 Å². The average molecular weight is 247 g/mol. The summed E-state index contributed by atoms with van der Waals surface area (Å²) in [6.45, 7) is 4.58. The molecule has 1 rings (SSSR count). The lowest BCUT2D eigenvalue weighted by Crippen LogP contribution is -2.36. The van der Waals surface area contributed by atoms with Gasteiger partial charge in [0.05, 0.1) is 10.5 Å². The maximum absolute atomic E-state index is 12.4. The quantitative estimate of drug-likeness (QED) is 0.809. The smallest absolute Gasteiger partial charge is 0.156 e. The van der Waals surface area contributed by atoms with Gasteiger partial charge in [0.2, 0.25) is 0 Å². The Balaban J connectivity index is 2.74. The van der Waals surface area contributed by atoms with Gasteiger partial charge in [0, 0.05) is 0 Å². The van der Waals surface area contributed by atoms with Crippen molar-refractivity contribution in [2.75, 3.05) is 6.54 Å². The number of nitrogens with two attached hydrogens (primary N) is 1. The molecule has 3 unspecified atom stereocenters. The zero-order valence-corrected chi connectivity index (χ0v) is 11.3. The first kappa shape index (κ1) is 14.0. The van der Waals surface area contributed by atoms with E-state index in [0.29, 0.717) is 25.3 Å². The Morgan fingerprint density at radius 3 is 2.56 bits per heavy atom. The fourth-order valence-corrected chi connectivity index (χ4v) is 5.30. The average Bonchev–Trinajstić information content (AvgIpc) is 2.25. The molecule has 1 aliphatic carbocycles. The van der Waals surface area contributed by atoms with Crippen molar-refractivity contribution in [3.63, 3.8) is 0 Å². The third-order valence-corrected chi connectivity index (χ3v) is 6.62. The summed E-state index contributed by atoms with van der Waals surface area (Å²) in [5.74, 6) is 0.559. The lowest BCUT2D eigenvalue weighted by atomic mass is 9.90. The summed E-state index contributed by atoms with van der Waals surface area (Å²) >= 11 is 0. The second-order valence-corrected chi connectivity index (χ2v) is 7.60. The second kappa shape index (κ2) is 6.01. The predicted molar refractivity (Wildman–Crippen MR) is 68.1 cm³/mol. The lowest BCUT2D eigenvalue weighted by molar-refractivity contribution is 0.379. The third kappa shape index (κ3) is 3.20. The van der Waals surface area contributed by atoms with Gasteiger partial charge in [-0.05, 0) is 38.1 Å². The van der Waals surface area contributed by atoms with Crippen molar-refractivity contribution in [2.24, 2.45) is 11.7 Å². The molecular formula is C12H25NO2S. The number of hydrogen-bond donors (Lipinski definition) is 1. The van der Waals surface area contributed by atoms with Crippen molar-refractivity contribution < 1.29 is 8.42 Å². The van der Waals surface area contributed by atoms with Gasteiger partial charge in [-0.2, -0.15) is 0 Å². The molecule has 16 heavy (non-hydrogen) atoms. The summed E-state index contributed by atoms with van der Waals surface area (Å²) in [5, 5.41) is -0.319. The maximum atomic E-state index is 12.4. The molecule has 1 fully saturated rings. The van der Waals surface area contributed by atoms with E-state index in [1.807, 2.05) is 6.92 Å². The van der Waals surface area contributed by atoms with Gasteiger partial charge in [-0.1, -0.05) is 26.7 Å². The van der Waals surface area contributed by atoms with E-state index in [1.165, 1.54) is 6.42 Å². The van der Waals surface area contributed by atoms with Gasteiger partial charge in [0.1, 0.15) is 0 Å². The summed E-state index contributed by atoms with van der Waals surface area (Å²) in [7, 11) is -2.95. The molecule has 2 N–H and O–H groups in total. The van der Waals surface area contributed by atoms with Crippen molar-refractivity contribution >= 4 is 9.84 Å². The first-order valence-corrected chi connectivity index (χ1v) is 8.06. The SMILES string of the molecule is CCC(CCN)S(=O)(=O)C1CCCC(C)C1. The highest BCUT2D eigenvalue weighted by Crippen LogP contribution is 2.31. The number of sulfone groups is 1. The van der Waals surface area contributed by atoms with Crippen LogP contribution in [0, 0.1) is 5.92 Å². The Kier molecular flexibility index (Phi) is 5.25. The van der Waals surface area contributed by atoms with Gasteiger partial charge < -0.3 is 5.73 Å².